The van der Waals surface area contributed by atoms with Gasteiger partial charge in [-0.3, -0.25) is 19.4 Å². The molecule has 0 aliphatic carbocycles. The molecule has 0 radical (unpaired) electrons. The van der Waals surface area contributed by atoms with Crippen molar-refractivity contribution < 1.29 is 9.59 Å². The number of rotatable bonds is 4. The van der Waals surface area contributed by atoms with Gasteiger partial charge < -0.3 is 0 Å². The van der Waals surface area contributed by atoms with Gasteiger partial charge in [-0.15, -0.1) is 0 Å². The number of halogens is 2. The van der Waals surface area contributed by atoms with E-state index in [0.29, 0.717) is 5.69 Å². The van der Waals surface area contributed by atoms with Crippen LogP contribution in [0.15, 0.2) is 57.5 Å². The Morgan fingerprint density at radius 2 is 1.64 bits per heavy atom. The molecule has 146 valence electrons. The van der Waals surface area contributed by atoms with Crippen molar-refractivity contribution in [1.29, 1.82) is 0 Å². The van der Waals surface area contributed by atoms with E-state index in [-0.39, 0.29) is 24.3 Å². The van der Waals surface area contributed by atoms with Gasteiger partial charge in [-0.25, -0.2) is 4.90 Å². The van der Waals surface area contributed by atoms with E-state index in [4.69, 9.17) is 0 Å². The molecular weight excluding hydrogens is 486 g/mol. The lowest BCUT2D eigenvalue weighted by atomic mass is 10.1. The summed E-state index contributed by atoms with van der Waals surface area (Å²) in [5.41, 5.74) is 1.91. The molecule has 5 nitrogen and oxygen atoms in total. The topological polar surface area (TPSA) is 43.9 Å². The highest BCUT2D eigenvalue weighted by Gasteiger charge is 2.43. The Morgan fingerprint density at radius 3 is 2.32 bits per heavy atom. The second-order valence-electron chi connectivity index (χ2n) is 7.18. The molecule has 0 aromatic heterocycles. The molecule has 28 heavy (non-hydrogen) atoms. The fourth-order valence-corrected chi connectivity index (χ4v) is 5.12. The van der Waals surface area contributed by atoms with Crippen molar-refractivity contribution in [3.05, 3.63) is 63.0 Å². The number of carbonyl (C=O) groups is 2. The molecule has 2 saturated heterocycles. The Bertz CT molecular complexity index is 882. The van der Waals surface area contributed by atoms with Crippen LogP contribution in [0.3, 0.4) is 0 Å². The lowest BCUT2D eigenvalue weighted by Crippen LogP contribution is -2.52. The van der Waals surface area contributed by atoms with Gasteiger partial charge in [-0.05, 0) is 39.7 Å². The summed E-state index contributed by atoms with van der Waals surface area (Å²) in [4.78, 5) is 31.5. The molecule has 2 aliphatic heterocycles. The average molecular weight is 507 g/mol. The van der Waals surface area contributed by atoms with Crippen LogP contribution in [-0.2, 0) is 16.1 Å². The third kappa shape index (κ3) is 4.08. The minimum Gasteiger partial charge on any atom is -0.297 e. The van der Waals surface area contributed by atoms with Gasteiger partial charge in [-0.1, -0.05) is 46.3 Å². The molecule has 0 N–H and O–H groups in total. The molecule has 2 heterocycles. The highest BCUT2D eigenvalue weighted by molar-refractivity contribution is 9.11. The fourth-order valence-electron chi connectivity index (χ4n) is 3.89. The number of amides is 2. The molecular formula is C21H21Br2N3O2. The quantitative estimate of drug-likeness (QED) is 0.593. The van der Waals surface area contributed by atoms with E-state index in [1.165, 1.54) is 10.5 Å². The number of piperazine rings is 1. The molecule has 1 unspecified atom stereocenters. The van der Waals surface area contributed by atoms with E-state index in [1.54, 1.807) is 6.07 Å². The van der Waals surface area contributed by atoms with Gasteiger partial charge in [0, 0.05) is 41.7 Å². The third-order valence-corrected chi connectivity index (χ3v) is 6.50. The van der Waals surface area contributed by atoms with E-state index < -0.39 is 0 Å². The summed E-state index contributed by atoms with van der Waals surface area (Å²) in [6, 6.07) is 15.6. The second-order valence-corrected chi connectivity index (χ2v) is 8.95. The standard InChI is InChI=1S/C21H21Br2N3O2/c22-16-6-7-18(17(23)12-16)26-20(27)13-19(21(26)28)25-10-8-24(9-11-25)14-15-4-2-1-3-5-15/h1-7,12,19H,8-11,13-14H2. The zero-order valence-electron chi connectivity index (χ0n) is 15.4. The Hall–Kier alpha value is -1.54. The van der Waals surface area contributed by atoms with Gasteiger partial charge in [-0.2, -0.15) is 0 Å². The van der Waals surface area contributed by atoms with Crippen molar-refractivity contribution in [1.82, 2.24) is 9.80 Å². The lowest BCUT2D eigenvalue weighted by molar-refractivity contribution is -0.123. The number of anilines is 1. The first-order valence-corrected chi connectivity index (χ1v) is 10.9. The highest BCUT2D eigenvalue weighted by Crippen LogP contribution is 2.34. The Morgan fingerprint density at radius 1 is 0.929 bits per heavy atom. The van der Waals surface area contributed by atoms with Gasteiger partial charge in [0.25, 0.3) is 5.91 Å². The molecule has 2 aromatic rings. The van der Waals surface area contributed by atoms with Crippen LogP contribution >= 0.6 is 31.9 Å². The molecule has 0 bridgehead atoms. The largest absolute Gasteiger partial charge is 0.297 e. The van der Waals surface area contributed by atoms with Crippen LogP contribution in [0.5, 0.6) is 0 Å². The zero-order chi connectivity index (χ0) is 19.7. The first-order valence-electron chi connectivity index (χ1n) is 9.35. The van der Waals surface area contributed by atoms with Gasteiger partial charge in [0.15, 0.2) is 0 Å². The smallest absolute Gasteiger partial charge is 0.251 e. The van der Waals surface area contributed by atoms with E-state index in [2.05, 4.69) is 65.9 Å². The van der Waals surface area contributed by atoms with Crippen LogP contribution in [0.1, 0.15) is 12.0 Å². The number of benzene rings is 2. The number of imide groups is 1. The van der Waals surface area contributed by atoms with Gasteiger partial charge in [0.1, 0.15) is 0 Å². The van der Waals surface area contributed by atoms with E-state index in [1.807, 2.05) is 18.2 Å². The summed E-state index contributed by atoms with van der Waals surface area (Å²) in [6.07, 6.45) is 0.250. The molecule has 2 aromatic carbocycles. The molecule has 2 fully saturated rings. The Balaban J connectivity index is 1.41. The van der Waals surface area contributed by atoms with Crippen molar-refractivity contribution in [2.45, 2.75) is 19.0 Å². The van der Waals surface area contributed by atoms with Gasteiger partial charge >= 0.3 is 0 Å². The van der Waals surface area contributed by atoms with E-state index >= 15 is 0 Å². The van der Waals surface area contributed by atoms with Crippen LogP contribution < -0.4 is 4.90 Å². The molecule has 1 atom stereocenters. The molecule has 0 saturated carbocycles. The molecule has 0 spiro atoms. The fraction of sp³-hybridized carbons (Fsp3) is 0.333. The van der Waals surface area contributed by atoms with Crippen LogP contribution in [0.25, 0.3) is 0 Å². The summed E-state index contributed by atoms with van der Waals surface area (Å²) >= 11 is 6.88. The minimum atomic E-state index is -0.359. The summed E-state index contributed by atoms with van der Waals surface area (Å²) in [5, 5.41) is 0. The average Bonchev–Trinajstić information content (AvgIpc) is 2.98. The maximum absolute atomic E-state index is 13.0. The van der Waals surface area contributed by atoms with Crippen molar-refractivity contribution in [2.75, 3.05) is 31.1 Å². The molecule has 2 amide bonds. The summed E-state index contributed by atoms with van der Waals surface area (Å²) in [6.45, 7) is 4.31. The number of carbonyl (C=O) groups excluding carboxylic acids is 2. The monoisotopic (exact) mass is 505 g/mol. The van der Waals surface area contributed by atoms with Crippen LogP contribution in [0.2, 0.25) is 0 Å². The van der Waals surface area contributed by atoms with E-state index in [9.17, 15) is 9.59 Å². The minimum absolute atomic E-state index is 0.121. The Labute approximate surface area is 181 Å². The molecule has 7 heteroatoms. The van der Waals surface area contributed by atoms with Crippen molar-refractivity contribution in [3.63, 3.8) is 0 Å². The number of hydrogen-bond acceptors (Lipinski definition) is 4. The predicted molar refractivity (Wildman–Crippen MR) is 116 cm³/mol. The first-order chi connectivity index (χ1) is 13.5. The SMILES string of the molecule is O=C1CC(N2CCN(Cc3ccccc3)CC2)C(=O)N1c1ccc(Br)cc1Br. The highest BCUT2D eigenvalue weighted by atomic mass is 79.9. The zero-order valence-corrected chi connectivity index (χ0v) is 18.5. The lowest BCUT2D eigenvalue weighted by Gasteiger charge is -2.37. The number of hydrogen-bond donors (Lipinski definition) is 0. The summed E-state index contributed by atoms with van der Waals surface area (Å²) in [7, 11) is 0. The third-order valence-electron chi connectivity index (χ3n) is 5.37. The molecule has 4 rings (SSSR count). The maximum atomic E-state index is 13.0. The predicted octanol–water partition coefficient (Wildman–Crippen LogP) is 3.66. The van der Waals surface area contributed by atoms with Gasteiger partial charge in [0.05, 0.1) is 18.2 Å². The first kappa shape index (κ1) is 19.8. The van der Waals surface area contributed by atoms with E-state index in [0.717, 1.165) is 41.7 Å². The second kappa shape index (κ2) is 8.45. The van der Waals surface area contributed by atoms with Crippen molar-refractivity contribution in [2.24, 2.45) is 0 Å². The van der Waals surface area contributed by atoms with Crippen LogP contribution in [0.4, 0.5) is 5.69 Å². The summed E-state index contributed by atoms with van der Waals surface area (Å²) < 4.78 is 1.63. The van der Waals surface area contributed by atoms with Crippen LogP contribution in [0, 0.1) is 0 Å². The normalized spacial score (nSPS) is 21.5. The number of nitrogens with zero attached hydrogens (tertiary/aromatic N) is 3. The summed E-state index contributed by atoms with van der Waals surface area (Å²) in [5.74, 6) is -0.255. The molecule has 2 aliphatic rings. The van der Waals surface area contributed by atoms with Crippen molar-refractivity contribution in [3.8, 4) is 0 Å². The van der Waals surface area contributed by atoms with Crippen LogP contribution in [-0.4, -0.2) is 53.8 Å². The van der Waals surface area contributed by atoms with Gasteiger partial charge in [0.2, 0.25) is 5.91 Å². The maximum Gasteiger partial charge on any atom is 0.251 e. The van der Waals surface area contributed by atoms with Crippen molar-refractivity contribution >= 4 is 49.4 Å². The Kier molecular flexibility index (Phi) is 5.96.